The van der Waals surface area contributed by atoms with Crippen LogP contribution in [0.3, 0.4) is 0 Å². The van der Waals surface area contributed by atoms with Gasteiger partial charge in [-0.1, -0.05) is 30.3 Å². The Morgan fingerprint density at radius 3 is 2.53 bits per heavy atom. The largest absolute Gasteiger partial charge is 0.496 e. The van der Waals surface area contributed by atoms with Crippen molar-refractivity contribution in [3.05, 3.63) is 65.2 Å². The first kappa shape index (κ1) is 22.6. The van der Waals surface area contributed by atoms with Gasteiger partial charge in [-0.3, -0.25) is 10.1 Å². The predicted octanol–water partition coefficient (Wildman–Crippen LogP) is 4.07. The van der Waals surface area contributed by atoms with E-state index in [0.29, 0.717) is 30.6 Å². The van der Waals surface area contributed by atoms with Gasteiger partial charge in [-0.05, 0) is 60.4 Å². The first-order chi connectivity index (χ1) is 15.2. The first-order valence-electron chi connectivity index (χ1n) is 10.6. The Balaban J connectivity index is 1.74. The summed E-state index contributed by atoms with van der Waals surface area (Å²) in [6, 6.07) is 13.0. The number of esters is 1. The average Bonchev–Trinajstić information content (AvgIpc) is 3.06. The molecule has 1 aliphatic heterocycles. The van der Waals surface area contributed by atoms with Crippen molar-refractivity contribution in [3.8, 4) is 5.75 Å². The lowest BCUT2D eigenvalue weighted by atomic mass is 9.74. The van der Waals surface area contributed by atoms with Crippen LogP contribution in [0.1, 0.15) is 35.6 Å². The van der Waals surface area contributed by atoms with Gasteiger partial charge in [-0.15, -0.1) is 0 Å². The first-order valence-corrected chi connectivity index (χ1v) is 10.6. The number of fused-ring (bicyclic) bond motifs is 2. The highest BCUT2D eigenvalue weighted by Gasteiger charge is 2.57. The molecular weight excluding hydrogens is 421 g/mol. The number of rotatable bonds is 5. The van der Waals surface area contributed by atoms with Gasteiger partial charge in [0.25, 0.3) is 0 Å². The molecule has 2 aliphatic rings. The minimum absolute atomic E-state index is 0.0369. The van der Waals surface area contributed by atoms with E-state index in [4.69, 9.17) is 15.2 Å². The number of alkyl halides is 3. The quantitative estimate of drug-likeness (QED) is 0.675. The third kappa shape index (κ3) is 4.09. The molecule has 2 bridgehead atoms. The zero-order chi connectivity index (χ0) is 23.1. The fourth-order valence-electron chi connectivity index (χ4n) is 5.42. The van der Waals surface area contributed by atoms with Crippen LogP contribution in [0.4, 0.5) is 13.2 Å². The lowest BCUT2D eigenvalue weighted by Gasteiger charge is -2.44. The number of hydrogen-bond donors (Lipinski definition) is 2. The molecule has 4 rings (SSSR count). The highest BCUT2D eigenvalue weighted by Crippen LogP contribution is 2.51. The Morgan fingerprint density at radius 1 is 1.19 bits per heavy atom. The molecular formula is C24H27F3N2O3. The van der Waals surface area contributed by atoms with Gasteiger partial charge in [0.2, 0.25) is 0 Å². The maximum absolute atomic E-state index is 13.4. The van der Waals surface area contributed by atoms with Gasteiger partial charge in [0.1, 0.15) is 5.75 Å². The molecule has 1 saturated carbocycles. The van der Waals surface area contributed by atoms with Crippen molar-refractivity contribution in [2.45, 2.75) is 37.1 Å². The van der Waals surface area contributed by atoms with E-state index in [-0.39, 0.29) is 23.8 Å². The van der Waals surface area contributed by atoms with Gasteiger partial charge < -0.3 is 15.2 Å². The number of hydrogen-bond acceptors (Lipinski definition) is 5. The highest BCUT2D eigenvalue weighted by atomic mass is 19.4. The molecule has 5 nitrogen and oxygen atoms in total. The Hall–Kier alpha value is -2.58. The number of nitrogens with two attached hydrogens (primary N) is 1. The SMILES string of the molecule is COC(=O)C1CC2CC1(N)NC(c1ccccc1)C2Cc1cc(C(F)(F)F)ccc1OC. The summed E-state index contributed by atoms with van der Waals surface area (Å²) in [6.45, 7) is 0. The van der Waals surface area contributed by atoms with E-state index in [1.54, 1.807) is 0 Å². The van der Waals surface area contributed by atoms with Crippen LogP contribution in [-0.2, 0) is 22.1 Å². The molecule has 0 spiro atoms. The summed E-state index contributed by atoms with van der Waals surface area (Å²) in [6.07, 6.45) is -3.03. The summed E-state index contributed by atoms with van der Waals surface area (Å²) in [5.41, 5.74) is 6.49. The van der Waals surface area contributed by atoms with E-state index >= 15 is 0 Å². The Morgan fingerprint density at radius 2 is 1.91 bits per heavy atom. The van der Waals surface area contributed by atoms with Crippen molar-refractivity contribution in [1.29, 1.82) is 0 Å². The molecule has 5 atom stereocenters. The lowest BCUT2D eigenvalue weighted by Crippen LogP contribution is -2.62. The van der Waals surface area contributed by atoms with Crippen molar-refractivity contribution in [1.82, 2.24) is 5.32 Å². The number of carbonyl (C=O) groups excluding carboxylic acids is 1. The minimum Gasteiger partial charge on any atom is -0.496 e. The second-order valence-electron chi connectivity index (χ2n) is 8.74. The van der Waals surface area contributed by atoms with Crippen LogP contribution in [0.2, 0.25) is 0 Å². The van der Waals surface area contributed by atoms with Crippen molar-refractivity contribution in [3.63, 3.8) is 0 Å². The molecule has 0 aromatic heterocycles. The molecule has 5 unspecified atom stereocenters. The van der Waals surface area contributed by atoms with Crippen LogP contribution in [0, 0.1) is 17.8 Å². The van der Waals surface area contributed by atoms with E-state index in [2.05, 4.69) is 5.32 Å². The van der Waals surface area contributed by atoms with Gasteiger partial charge in [0.15, 0.2) is 0 Å². The smallest absolute Gasteiger partial charge is 0.416 e. The summed E-state index contributed by atoms with van der Waals surface area (Å²) in [5.74, 6) is -0.517. The number of halogens is 3. The van der Waals surface area contributed by atoms with Crippen LogP contribution in [-0.4, -0.2) is 25.9 Å². The van der Waals surface area contributed by atoms with Crippen LogP contribution >= 0.6 is 0 Å². The molecule has 2 fully saturated rings. The van der Waals surface area contributed by atoms with E-state index in [1.165, 1.54) is 20.3 Å². The molecule has 1 heterocycles. The number of methoxy groups -OCH3 is 2. The van der Waals surface area contributed by atoms with Gasteiger partial charge in [0.05, 0.1) is 31.4 Å². The Labute approximate surface area is 185 Å². The standard InChI is InChI=1S/C24H27F3N2O3/c1-31-20-9-8-17(24(25,26)27)10-15(20)11-18-16-12-19(22(30)32-2)23(28,13-16)29-21(18)14-6-4-3-5-7-14/h3-10,16,18-19,21,29H,11-13,28H2,1-2H3. The maximum Gasteiger partial charge on any atom is 0.416 e. The molecule has 0 radical (unpaired) electrons. The van der Waals surface area contributed by atoms with Crippen LogP contribution < -0.4 is 15.8 Å². The van der Waals surface area contributed by atoms with Crippen LogP contribution in [0.15, 0.2) is 48.5 Å². The highest BCUT2D eigenvalue weighted by molar-refractivity contribution is 5.74. The van der Waals surface area contributed by atoms with Crippen molar-refractivity contribution in [2.24, 2.45) is 23.5 Å². The molecule has 3 N–H and O–H groups in total. The fourth-order valence-corrected chi connectivity index (χ4v) is 5.42. The molecule has 1 saturated heterocycles. The van der Waals surface area contributed by atoms with Crippen LogP contribution in [0.5, 0.6) is 5.75 Å². The summed E-state index contributed by atoms with van der Waals surface area (Å²) in [4.78, 5) is 12.4. The monoisotopic (exact) mass is 448 g/mol. The molecule has 32 heavy (non-hydrogen) atoms. The third-order valence-electron chi connectivity index (χ3n) is 6.93. The normalized spacial score (nSPS) is 29.6. The number of nitrogens with one attached hydrogen (secondary N) is 1. The van der Waals surface area contributed by atoms with E-state index < -0.39 is 23.3 Å². The number of piperidine rings is 1. The van der Waals surface area contributed by atoms with Gasteiger partial charge in [-0.2, -0.15) is 13.2 Å². The van der Waals surface area contributed by atoms with Crippen molar-refractivity contribution < 1.29 is 27.4 Å². The average molecular weight is 448 g/mol. The molecule has 172 valence electrons. The fraction of sp³-hybridized carbons (Fsp3) is 0.458. The number of ether oxygens (including phenoxy) is 2. The predicted molar refractivity (Wildman–Crippen MR) is 113 cm³/mol. The molecule has 2 aromatic carbocycles. The van der Waals surface area contributed by atoms with E-state index in [1.807, 2.05) is 30.3 Å². The Bertz CT molecular complexity index is 982. The number of carbonyl (C=O) groups is 1. The van der Waals surface area contributed by atoms with E-state index in [9.17, 15) is 18.0 Å². The molecule has 2 aromatic rings. The lowest BCUT2D eigenvalue weighted by molar-refractivity contribution is -0.147. The second kappa shape index (κ2) is 8.41. The molecule has 0 amide bonds. The topological polar surface area (TPSA) is 73.6 Å². The summed E-state index contributed by atoms with van der Waals surface area (Å²) in [5, 5.41) is 3.47. The Kier molecular flexibility index (Phi) is 5.94. The molecule has 8 heteroatoms. The summed E-state index contributed by atoms with van der Waals surface area (Å²) < 4.78 is 50.5. The zero-order valence-electron chi connectivity index (χ0n) is 18.0. The summed E-state index contributed by atoms with van der Waals surface area (Å²) >= 11 is 0. The van der Waals surface area contributed by atoms with Crippen molar-refractivity contribution in [2.75, 3.05) is 14.2 Å². The molecule has 1 aliphatic carbocycles. The van der Waals surface area contributed by atoms with Crippen LogP contribution in [0.25, 0.3) is 0 Å². The van der Waals surface area contributed by atoms with Crippen molar-refractivity contribution >= 4 is 5.97 Å². The van der Waals surface area contributed by atoms with Gasteiger partial charge in [0, 0.05) is 6.04 Å². The zero-order valence-corrected chi connectivity index (χ0v) is 18.0. The second-order valence-corrected chi connectivity index (χ2v) is 8.74. The number of benzene rings is 2. The third-order valence-corrected chi connectivity index (χ3v) is 6.93. The van der Waals surface area contributed by atoms with E-state index in [0.717, 1.165) is 17.7 Å². The van der Waals surface area contributed by atoms with Gasteiger partial charge in [-0.25, -0.2) is 0 Å². The summed E-state index contributed by atoms with van der Waals surface area (Å²) in [7, 11) is 2.79. The van der Waals surface area contributed by atoms with Gasteiger partial charge >= 0.3 is 12.1 Å². The maximum atomic E-state index is 13.4. The minimum atomic E-state index is -4.44.